The van der Waals surface area contributed by atoms with E-state index in [2.05, 4.69) is 5.32 Å². The lowest BCUT2D eigenvalue weighted by molar-refractivity contribution is -0.122. The molecule has 3 rings (SSSR count). The third kappa shape index (κ3) is 3.08. The minimum Gasteiger partial charge on any atom is -0.467 e. The summed E-state index contributed by atoms with van der Waals surface area (Å²) in [5.74, 6) is 0.554. The van der Waals surface area contributed by atoms with Gasteiger partial charge in [-0.3, -0.25) is 9.69 Å². The number of carbonyl (C=O) groups excluding carboxylic acids is 1. The van der Waals surface area contributed by atoms with Gasteiger partial charge in [0.05, 0.1) is 12.8 Å². The van der Waals surface area contributed by atoms with Crippen LogP contribution in [0.2, 0.25) is 0 Å². The lowest BCUT2D eigenvalue weighted by atomic mass is 10.2. The van der Waals surface area contributed by atoms with Crippen molar-refractivity contribution in [2.75, 3.05) is 6.26 Å². The van der Waals surface area contributed by atoms with Gasteiger partial charge in [0.15, 0.2) is 5.11 Å². The molecule has 6 heteroatoms. The highest BCUT2D eigenvalue weighted by Gasteiger charge is 2.31. The summed E-state index contributed by atoms with van der Waals surface area (Å²) in [5, 5.41) is 3.36. The van der Waals surface area contributed by atoms with Crippen molar-refractivity contribution >= 4 is 41.1 Å². The zero-order valence-electron chi connectivity index (χ0n) is 11.9. The van der Waals surface area contributed by atoms with Crippen LogP contribution in [0.15, 0.2) is 57.7 Å². The van der Waals surface area contributed by atoms with E-state index in [1.54, 1.807) is 30.2 Å². The molecule has 1 aliphatic heterocycles. The van der Waals surface area contributed by atoms with Crippen molar-refractivity contribution in [3.05, 3.63) is 59.7 Å². The Balaban J connectivity index is 1.78. The van der Waals surface area contributed by atoms with Crippen molar-refractivity contribution in [2.45, 2.75) is 11.4 Å². The maximum Gasteiger partial charge on any atom is 0.276 e. The molecule has 2 heterocycles. The van der Waals surface area contributed by atoms with Crippen LogP contribution in [0.4, 0.5) is 0 Å². The zero-order valence-corrected chi connectivity index (χ0v) is 13.5. The molecule has 4 nitrogen and oxygen atoms in total. The second kappa shape index (κ2) is 6.37. The number of rotatable bonds is 4. The quantitative estimate of drug-likeness (QED) is 0.530. The molecule has 0 radical (unpaired) electrons. The highest BCUT2D eigenvalue weighted by molar-refractivity contribution is 7.98. The van der Waals surface area contributed by atoms with Gasteiger partial charge in [0, 0.05) is 4.90 Å². The van der Waals surface area contributed by atoms with E-state index in [0.717, 1.165) is 5.56 Å². The number of nitrogens with zero attached hydrogens (tertiary/aromatic N) is 1. The SMILES string of the molecule is CSc1ccc(/C=C2\NC(=S)N(Cc3ccco3)C2=O)cc1. The maximum absolute atomic E-state index is 12.4. The second-order valence-electron chi connectivity index (χ2n) is 4.73. The van der Waals surface area contributed by atoms with Crippen molar-refractivity contribution in [1.29, 1.82) is 0 Å². The molecule has 1 aromatic heterocycles. The van der Waals surface area contributed by atoms with Crippen molar-refractivity contribution in [3.63, 3.8) is 0 Å². The van der Waals surface area contributed by atoms with Crippen molar-refractivity contribution < 1.29 is 9.21 Å². The highest BCUT2D eigenvalue weighted by atomic mass is 32.2. The Bertz CT molecular complexity index is 721. The highest BCUT2D eigenvalue weighted by Crippen LogP contribution is 2.19. The molecular weight excluding hydrogens is 316 g/mol. The van der Waals surface area contributed by atoms with Crippen LogP contribution in [0, 0.1) is 0 Å². The molecule has 2 aromatic rings. The van der Waals surface area contributed by atoms with Crippen LogP contribution >= 0.6 is 24.0 Å². The fourth-order valence-corrected chi connectivity index (χ4v) is 2.81. The molecule has 1 saturated heterocycles. The standard InChI is InChI=1S/C16H14N2O2S2/c1-22-13-6-4-11(5-7-13)9-14-15(19)18(16(21)17-14)10-12-3-2-8-20-12/h2-9H,10H2,1H3,(H,17,21)/b14-9-. The van der Waals surface area contributed by atoms with E-state index in [-0.39, 0.29) is 5.91 Å². The second-order valence-corrected chi connectivity index (χ2v) is 6.00. The number of thiocarbonyl (C=S) groups is 1. The number of furan rings is 1. The number of amides is 1. The van der Waals surface area contributed by atoms with E-state index < -0.39 is 0 Å². The molecule has 1 aromatic carbocycles. The molecule has 112 valence electrons. The van der Waals surface area contributed by atoms with E-state index >= 15 is 0 Å². The lowest BCUT2D eigenvalue weighted by Crippen LogP contribution is -2.29. The number of hydrogen-bond donors (Lipinski definition) is 1. The number of nitrogens with one attached hydrogen (secondary N) is 1. The van der Waals surface area contributed by atoms with E-state index in [0.29, 0.717) is 23.1 Å². The first-order valence-electron chi connectivity index (χ1n) is 6.68. The van der Waals surface area contributed by atoms with Gasteiger partial charge in [-0.25, -0.2) is 0 Å². The Labute approximate surface area is 138 Å². The number of hydrogen-bond acceptors (Lipinski definition) is 4. The van der Waals surface area contributed by atoms with Crippen LogP contribution in [0.5, 0.6) is 0 Å². The Morgan fingerprint density at radius 1 is 1.32 bits per heavy atom. The van der Waals surface area contributed by atoms with Gasteiger partial charge < -0.3 is 9.73 Å². The topological polar surface area (TPSA) is 45.5 Å². The molecular formula is C16H14N2O2S2. The Hall–Kier alpha value is -2.05. The summed E-state index contributed by atoms with van der Waals surface area (Å²) in [4.78, 5) is 15.1. The maximum atomic E-state index is 12.4. The Morgan fingerprint density at radius 3 is 2.73 bits per heavy atom. The summed E-state index contributed by atoms with van der Waals surface area (Å²) in [6.45, 7) is 0.334. The largest absolute Gasteiger partial charge is 0.467 e. The average Bonchev–Trinajstić information content (AvgIpc) is 3.13. The van der Waals surface area contributed by atoms with Gasteiger partial charge in [-0.2, -0.15) is 0 Å². The molecule has 0 spiro atoms. The molecule has 0 bridgehead atoms. The van der Waals surface area contributed by atoms with Gasteiger partial charge in [-0.15, -0.1) is 11.8 Å². The summed E-state index contributed by atoms with van der Waals surface area (Å²) in [6.07, 6.45) is 5.41. The first-order chi connectivity index (χ1) is 10.7. The van der Waals surface area contributed by atoms with E-state index in [9.17, 15) is 4.79 Å². The first kappa shape index (κ1) is 14.9. The van der Waals surface area contributed by atoms with Crippen LogP contribution < -0.4 is 5.32 Å². The summed E-state index contributed by atoms with van der Waals surface area (Å²) >= 11 is 6.91. The third-order valence-electron chi connectivity index (χ3n) is 3.28. The Kier molecular flexibility index (Phi) is 4.31. The predicted octanol–water partition coefficient (Wildman–Crippen LogP) is 3.26. The van der Waals surface area contributed by atoms with Crippen molar-refractivity contribution in [1.82, 2.24) is 10.2 Å². The zero-order chi connectivity index (χ0) is 15.5. The molecule has 0 unspecified atom stereocenters. The lowest BCUT2D eigenvalue weighted by Gasteiger charge is -2.11. The van der Waals surface area contributed by atoms with Crippen LogP contribution in [-0.2, 0) is 11.3 Å². The monoisotopic (exact) mass is 330 g/mol. The van der Waals surface area contributed by atoms with Gasteiger partial charge >= 0.3 is 0 Å². The summed E-state index contributed by atoms with van der Waals surface area (Å²) in [5.41, 5.74) is 1.43. The third-order valence-corrected chi connectivity index (χ3v) is 4.35. The molecule has 1 N–H and O–H groups in total. The Morgan fingerprint density at radius 2 is 2.09 bits per heavy atom. The molecule has 0 saturated carbocycles. The van der Waals surface area contributed by atoms with Crippen molar-refractivity contribution in [3.8, 4) is 0 Å². The summed E-state index contributed by atoms with van der Waals surface area (Å²) in [6, 6.07) is 11.6. The van der Waals surface area contributed by atoms with Crippen LogP contribution in [0.1, 0.15) is 11.3 Å². The van der Waals surface area contributed by atoms with Gasteiger partial charge in [0.1, 0.15) is 11.5 Å². The van der Waals surface area contributed by atoms with Crippen LogP contribution in [-0.4, -0.2) is 22.2 Å². The molecule has 1 fully saturated rings. The minimum absolute atomic E-state index is 0.143. The fourth-order valence-electron chi connectivity index (χ4n) is 2.14. The normalized spacial score (nSPS) is 16.4. The molecule has 0 aliphatic carbocycles. The molecule has 0 atom stereocenters. The van der Waals surface area contributed by atoms with Gasteiger partial charge in [-0.05, 0) is 54.4 Å². The predicted molar refractivity (Wildman–Crippen MR) is 91.2 cm³/mol. The molecule has 1 aliphatic rings. The van der Waals surface area contributed by atoms with E-state index in [1.165, 1.54) is 9.80 Å². The van der Waals surface area contributed by atoms with E-state index in [4.69, 9.17) is 16.6 Å². The smallest absolute Gasteiger partial charge is 0.276 e. The van der Waals surface area contributed by atoms with Gasteiger partial charge in [0.25, 0.3) is 5.91 Å². The minimum atomic E-state index is -0.143. The van der Waals surface area contributed by atoms with Gasteiger partial charge in [-0.1, -0.05) is 12.1 Å². The summed E-state index contributed by atoms with van der Waals surface area (Å²) in [7, 11) is 0. The van der Waals surface area contributed by atoms with E-state index in [1.807, 2.05) is 36.6 Å². The van der Waals surface area contributed by atoms with Crippen LogP contribution in [0.25, 0.3) is 6.08 Å². The van der Waals surface area contributed by atoms with Crippen molar-refractivity contribution in [2.24, 2.45) is 0 Å². The number of thioether (sulfide) groups is 1. The molecule has 22 heavy (non-hydrogen) atoms. The molecule has 1 amide bonds. The van der Waals surface area contributed by atoms with Crippen LogP contribution in [0.3, 0.4) is 0 Å². The fraction of sp³-hybridized carbons (Fsp3) is 0.125. The number of carbonyl (C=O) groups is 1. The summed E-state index contributed by atoms with van der Waals surface area (Å²) < 4.78 is 5.27. The first-order valence-corrected chi connectivity index (χ1v) is 8.31. The average molecular weight is 330 g/mol. The number of benzene rings is 1. The van der Waals surface area contributed by atoms with Gasteiger partial charge in [0.2, 0.25) is 0 Å².